The third kappa shape index (κ3) is 5.01. The molecule has 0 saturated carbocycles. The van der Waals surface area contributed by atoms with E-state index in [0.717, 1.165) is 53.5 Å². The molecule has 140 valence electrons. The van der Waals surface area contributed by atoms with Gasteiger partial charge in [-0.15, -0.1) is 0 Å². The van der Waals surface area contributed by atoms with E-state index >= 15 is 0 Å². The third-order valence-corrected chi connectivity index (χ3v) is 4.36. The van der Waals surface area contributed by atoms with Gasteiger partial charge in [-0.3, -0.25) is 0 Å². The van der Waals surface area contributed by atoms with E-state index in [1.54, 1.807) is 7.11 Å². The molecule has 1 atom stereocenters. The predicted octanol–water partition coefficient (Wildman–Crippen LogP) is 5.21. The first-order chi connectivity index (χ1) is 12.6. The molecular weight excluding hydrogens is 328 g/mol. The van der Waals surface area contributed by atoms with Crippen LogP contribution in [-0.4, -0.2) is 25.8 Å². The number of hydrogen-bond acceptors (Lipinski definition) is 4. The average Bonchev–Trinajstić information content (AvgIpc) is 2.66. The Labute approximate surface area is 155 Å². The molecule has 0 aromatic heterocycles. The molecule has 2 aromatic carbocycles. The highest BCUT2D eigenvalue weighted by molar-refractivity contribution is 5.94. The van der Waals surface area contributed by atoms with Gasteiger partial charge in [0.15, 0.2) is 0 Å². The molecule has 0 fully saturated rings. The fraction of sp³-hybridized carbons (Fsp3) is 0.409. The van der Waals surface area contributed by atoms with Gasteiger partial charge in [0, 0.05) is 16.8 Å². The number of carbonyl (C=O) groups is 1. The van der Waals surface area contributed by atoms with Gasteiger partial charge in [-0.1, -0.05) is 50.6 Å². The summed E-state index contributed by atoms with van der Waals surface area (Å²) in [5, 5.41) is 1.99. The number of aryl methyl sites for hydroxylation is 1. The van der Waals surface area contributed by atoms with E-state index in [4.69, 9.17) is 14.2 Å². The van der Waals surface area contributed by atoms with E-state index in [-0.39, 0.29) is 6.10 Å². The second-order valence-corrected chi connectivity index (χ2v) is 6.34. The van der Waals surface area contributed by atoms with Crippen LogP contribution < -0.4 is 9.47 Å². The largest absolute Gasteiger partial charge is 0.496 e. The van der Waals surface area contributed by atoms with Crippen molar-refractivity contribution in [2.45, 2.75) is 45.6 Å². The van der Waals surface area contributed by atoms with Crippen molar-refractivity contribution in [1.82, 2.24) is 0 Å². The Kier molecular flexibility index (Phi) is 7.52. The predicted molar refractivity (Wildman–Crippen MR) is 105 cm³/mol. The molecule has 2 aromatic rings. The van der Waals surface area contributed by atoms with E-state index in [1.807, 2.05) is 37.3 Å². The summed E-state index contributed by atoms with van der Waals surface area (Å²) in [5.74, 6) is 1.21. The van der Waals surface area contributed by atoms with Gasteiger partial charge in [-0.2, -0.15) is 0 Å². The molecule has 0 saturated heterocycles. The Morgan fingerprint density at radius 2 is 1.96 bits per heavy atom. The molecule has 0 bridgehead atoms. The van der Waals surface area contributed by atoms with Gasteiger partial charge >= 0.3 is 5.97 Å². The van der Waals surface area contributed by atoms with Gasteiger partial charge in [0.05, 0.1) is 7.11 Å². The summed E-state index contributed by atoms with van der Waals surface area (Å²) in [4.78, 5) is 11.6. The van der Waals surface area contributed by atoms with Crippen LogP contribution in [0.15, 0.2) is 43.0 Å². The molecule has 0 aliphatic heterocycles. The van der Waals surface area contributed by atoms with Gasteiger partial charge in [0.25, 0.3) is 0 Å². The highest BCUT2D eigenvalue weighted by Crippen LogP contribution is 2.36. The lowest BCUT2D eigenvalue weighted by molar-refractivity contribution is -0.144. The molecule has 0 amide bonds. The molecule has 0 radical (unpaired) electrons. The second kappa shape index (κ2) is 9.85. The Hall–Kier alpha value is -2.49. The summed E-state index contributed by atoms with van der Waals surface area (Å²) in [6.45, 7) is 7.93. The van der Waals surface area contributed by atoms with E-state index in [1.165, 1.54) is 6.08 Å². The summed E-state index contributed by atoms with van der Waals surface area (Å²) < 4.78 is 17.1. The maximum atomic E-state index is 11.6. The van der Waals surface area contributed by atoms with Crippen LogP contribution in [0.5, 0.6) is 11.5 Å². The molecule has 0 heterocycles. The van der Waals surface area contributed by atoms with Gasteiger partial charge < -0.3 is 14.2 Å². The minimum absolute atomic E-state index is 0.285. The van der Waals surface area contributed by atoms with Crippen LogP contribution >= 0.6 is 0 Å². The number of methoxy groups -OCH3 is 1. The first kappa shape index (κ1) is 19.8. The smallest absolute Gasteiger partial charge is 0.330 e. The zero-order valence-electron chi connectivity index (χ0n) is 15.9. The van der Waals surface area contributed by atoms with Gasteiger partial charge in [-0.05, 0) is 31.4 Å². The number of esters is 1. The van der Waals surface area contributed by atoms with Crippen molar-refractivity contribution in [1.29, 1.82) is 0 Å². The number of unbranched alkanes of at least 4 members (excludes halogenated alkanes) is 2. The van der Waals surface area contributed by atoms with Crippen LogP contribution in [0, 0.1) is 6.92 Å². The van der Waals surface area contributed by atoms with Crippen LogP contribution in [0.3, 0.4) is 0 Å². The number of rotatable bonds is 10. The van der Waals surface area contributed by atoms with Crippen LogP contribution in [0.4, 0.5) is 0 Å². The third-order valence-electron chi connectivity index (χ3n) is 4.36. The molecule has 0 aliphatic carbocycles. The van der Waals surface area contributed by atoms with Crippen molar-refractivity contribution in [2.75, 3.05) is 13.7 Å². The monoisotopic (exact) mass is 356 g/mol. The highest BCUT2D eigenvalue weighted by atomic mass is 16.6. The van der Waals surface area contributed by atoms with Crippen molar-refractivity contribution in [3.63, 3.8) is 0 Å². The Bertz CT molecular complexity index is 751. The summed E-state index contributed by atoms with van der Waals surface area (Å²) in [6.07, 6.45) is 4.91. The molecule has 2 rings (SSSR count). The summed E-state index contributed by atoms with van der Waals surface area (Å²) in [5.41, 5.74) is 0.989. The summed E-state index contributed by atoms with van der Waals surface area (Å²) in [6, 6.07) is 9.95. The Morgan fingerprint density at radius 1 is 1.23 bits per heavy atom. The number of hydrogen-bond donors (Lipinski definition) is 0. The SMILES string of the molecule is C=CC(=O)OC(CCCCC)COc1c(C)cc(OC)c2ccccc12. The fourth-order valence-corrected chi connectivity index (χ4v) is 3.00. The zero-order valence-corrected chi connectivity index (χ0v) is 15.9. The van der Waals surface area contributed by atoms with Crippen molar-refractivity contribution >= 4 is 16.7 Å². The van der Waals surface area contributed by atoms with Crippen molar-refractivity contribution in [2.24, 2.45) is 0 Å². The summed E-state index contributed by atoms with van der Waals surface area (Å²) in [7, 11) is 1.67. The highest BCUT2D eigenvalue weighted by Gasteiger charge is 2.17. The maximum Gasteiger partial charge on any atom is 0.330 e. The van der Waals surface area contributed by atoms with Crippen molar-refractivity contribution in [3.8, 4) is 11.5 Å². The van der Waals surface area contributed by atoms with Crippen molar-refractivity contribution < 1.29 is 19.0 Å². The Morgan fingerprint density at radius 3 is 2.62 bits per heavy atom. The van der Waals surface area contributed by atoms with Gasteiger partial charge in [0.1, 0.15) is 24.2 Å². The lowest BCUT2D eigenvalue weighted by Gasteiger charge is -2.20. The molecule has 4 heteroatoms. The van der Waals surface area contributed by atoms with Gasteiger partial charge in [-0.25, -0.2) is 4.79 Å². The van der Waals surface area contributed by atoms with E-state index in [9.17, 15) is 4.79 Å². The minimum atomic E-state index is -0.411. The minimum Gasteiger partial charge on any atom is -0.496 e. The maximum absolute atomic E-state index is 11.6. The average molecular weight is 356 g/mol. The molecule has 26 heavy (non-hydrogen) atoms. The van der Waals surface area contributed by atoms with E-state index in [2.05, 4.69) is 13.5 Å². The molecule has 0 aliphatic rings. The van der Waals surface area contributed by atoms with Crippen molar-refractivity contribution in [3.05, 3.63) is 48.6 Å². The van der Waals surface area contributed by atoms with Crippen LogP contribution in [0.2, 0.25) is 0 Å². The molecule has 0 N–H and O–H groups in total. The quantitative estimate of drug-likeness (QED) is 0.333. The van der Waals surface area contributed by atoms with Gasteiger partial charge in [0.2, 0.25) is 0 Å². The number of fused-ring (bicyclic) bond motifs is 1. The molecular formula is C22H28O4. The molecule has 0 spiro atoms. The van der Waals surface area contributed by atoms with E-state index < -0.39 is 5.97 Å². The first-order valence-electron chi connectivity index (χ1n) is 9.12. The fourth-order valence-electron chi connectivity index (χ4n) is 3.00. The normalized spacial score (nSPS) is 11.8. The van der Waals surface area contributed by atoms with Crippen LogP contribution in [0.1, 0.15) is 38.2 Å². The second-order valence-electron chi connectivity index (χ2n) is 6.34. The summed E-state index contributed by atoms with van der Waals surface area (Å²) >= 11 is 0. The zero-order chi connectivity index (χ0) is 18.9. The molecule has 4 nitrogen and oxygen atoms in total. The van der Waals surface area contributed by atoms with Crippen LogP contribution in [0.25, 0.3) is 10.8 Å². The standard InChI is InChI=1S/C22H28O4/c1-5-7-8-11-17(26-21(23)6-2)15-25-22-16(3)14-20(24-4)18-12-9-10-13-19(18)22/h6,9-10,12-14,17H,2,5,7-8,11,15H2,1,3-4H3. The lowest BCUT2D eigenvalue weighted by atomic mass is 10.0. The first-order valence-corrected chi connectivity index (χ1v) is 9.12. The number of carbonyl (C=O) groups excluding carboxylic acids is 1. The lowest BCUT2D eigenvalue weighted by Crippen LogP contribution is -2.24. The Balaban J connectivity index is 2.20. The number of benzene rings is 2. The number of ether oxygens (including phenoxy) is 3. The topological polar surface area (TPSA) is 44.8 Å². The molecule has 1 unspecified atom stereocenters. The van der Waals surface area contributed by atoms with E-state index in [0.29, 0.717) is 6.61 Å². The van der Waals surface area contributed by atoms with Crippen LogP contribution in [-0.2, 0) is 9.53 Å².